The van der Waals surface area contributed by atoms with E-state index in [0.29, 0.717) is 24.8 Å². The van der Waals surface area contributed by atoms with Crippen LogP contribution in [0.5, 0.6) is 0 Å². The fraction of sp³-hybridized carbons (Fsp3) is 0.292. The van der Waals surface area contributed by atoms with Gasteiger partial charge in [0.15, 0.2) is 0 Å². The van der Waals surface area contributed by atoms with Crippen LogP contribution in [0.25, 0.3) is 4.91 Å². The molecule has 0 fully saturated rings. The first-order chi connectivity index (χ1) is 15.6. The van der Waals surface area contributed by atoms with E-state index in [1.54, 1.807) is 25.1 Å². The van der Waals surface area contributed by atoms with Gasteiger partial charge in [-0.05, 0) is 80.3 Å². The molecule has 0 saturated heterocycles. The monoisotopic (exact) mass is 477 g/mol. The molecule has 0 saturated carbocycles. The highest BCUT2D eigenvalue weighted by atomic mass is 32.2. The van der Waals surface area contributed by atoms with Crippen LogP contribution in [0.1, 0.15) is 55.1 Å². The van der Waals surface area contributed by atoms with Crippen LogP contribution in [-0.2, 0) is 6.42 Å². The Labute approximate surface area is 195 Å². The minimum atomic E-state index is -1.65. The molecule has 0 atom stereocenters. The first kappa shape index (κ1) is 24.9. The molecule has 0 amide bonds. The number of carboxylic acid groups (broad SMARTS) is 1. The molecule has 0 spiro atoms. The van der Waals surface area contributed by atoms with Crippen LogP contribution in [0, 0.1) is 11.6 Å². The zero-order chi connectivity index (χ0) is 24.3. The average molecular weight is 478 g/mol. The van der Waals surface area contributed by atoms with Crippen molar-refractivity contribution in [1.82, 2.24) is 0 Å². The molecule has 3 rings (SSSR count). The molecule has 0 radical (unpaired) electrons. The van der Waals surface area contributed by atoms with Gasteiger partial charge in [-0.1, -0.05) is 24.6 Å². The molecule has 3 N–H and O–H groups in total. The summed E-state index contributed by atoms with van der Waals surface area (Å²) in [6.07, 6.45) is 3.26. The Morgan fingerprint density at radius 3 is 2.45 bits per heavy atom. The Morgan fingerprint density at radius 2 is 1.88 bits per heavy atom. The maximum Gasteiger partial charge on any atom is 0.338 e. The molecule has 0 unspecified atom stereocenters. The summed E-state index contributed by atoms with van der Waals surface area (Å²) in [6, 6.07) is 8.23. The molecule has 1 aliphatic heterocycles. The number of hydrogen-bond acceptors (Lipinski definition) is 5. The van der Waals surface area contributed by atoms with Gasteiger partial charge in [0.2, 0.25) is 0 Å². The molecule has 2 aromatic rings. The van der Waals surface area contributed by atoms with Gasteiger partial charge in [0.25, 0.3) is 5.03 Å². The second kappa shape index (κ2) is 10.0. The molecular weight excluding hydrogens is 450 g/mol. The van der Waals surface area contributed by atoms with Gasteiger partial charge in [-0.2, -0.15) is 5.01 Å². The van der Waals surface area contributed by atoms with Gasteiger partial charge >= 0.3 is 5.97 Å². The third kappa shape index (κ3) is 5.11. The molecule has 0 aromatic heterocycles. The lowest BCUT2D eigenvalue weighted by Gasteiger charge is -2.37. The summed E-state index contributed by atoms with van der Waals surface area (Å²) in [5.41, 5.74) is 1.99. The van der Waals surface area contributed by atoms with Gasteiger partial charge in [-0.15, -0.1) is 10.4 Å². The van der Waals surface area contributed by atoms with Crippen molar-refractivity contribution in [2.75, 3.05) is 11.6 Å². The number of benzene rings is 2. The molecule has 2 aromatic carbocycles. The molecular formula is C24H27F2N2O4S+. The Morgan fingerprint density at radius 1 is 1.21 bits per heavy atom. The number of anilines is 1. The van der Waals surface area contributed by atoms with Crippen molar-refractivity contribution < 1.29 is 34.0 Å². The number of allylic oxidation sites excluding steroid dienone is 2. The van der Waals surface area contributed by atoms with E-state index in [2.05, 4.69) is 0 Å². The summed E-state index contributed by atoms with van der Waals surface area (Å²) in [6.45, 7) is 5.76. The first-order valence-electron chi connectivity index (χ1n) is 10.6. The van der Waals surface area contributed by atoms with Crippen molar-refractivity contribution in [2.45, 2.75) is 40.0 Å². The van der Waals surface area contributed by atoms with Gasteiger partial charge in [0.05, 0.1) is 17.0 Å². The molecule has 33 heavy (non-hydrogen) atoms. The summed E-state index contributed by atoms with van der Waals surface area (Å²) in [5, 5.41) is 33.0. The van der Waals surface area contributed by atoms with E-state index in [4.69, 9.17) is 0 Å². The molecule has 1 aliphatic rings. The highest BCUT2D eigenvalue weighted by Gasteiger charge is 2.42. The quantitative estimate of drug-likeness (QED) is 0.318. The van der Waals surface area contributed by atoms with Gasteiger partial charge in [-0.3, -0.25) is 0 Å². The predicted octanol–water partition coefficient (Wildman–Crippen LogP) is 6.36. The van der Waals surface area contributed by atoms with Crippen LogP contribution in [0.3, 0.4) is 0 Å². The largest absolute Gasteiger partial charge is 0.478 e. The number of halogens is 2. The zero-order valence-corrected chi connectivity index (χ0v) is 19.5. The third-order valence-corrected chi connectivity index (χ3v) is 7.08. The van der Waals surface area contributed by atoms with Crippen LogP contribution in [0.4, 0.5) is 14.5 Å². The lowest BCUT2D eigenvalue weighted by molar-refractivity contribution is -1.22. The van der Waals surface area contributed by atoms with E-state index in [1.165, 1.54) is 23.2 Å². The number of carbonyl (C=O) groups is 1. The number of carboxylic acids is 1. The summed E-state index contributed by atoms with van der Waals surface area (Å²) in [7, 11) is 0. The molecule has 0 bridgehead atoms. The number of hydrogen-bond donors (Lipinski definition) is 3. The first-order valence-corrected chi connectivity index (χ1v) is 11.4. The normalized spacial score (nSPS) is 15.2. The van der Waals surface area contributed by atoms with E-state index >= 15 is 0 Å². The van der Waals surface area contributed by atoms with Crippen LogP contribution in [-0.4, -0.2) is 33.0 Å². The van der Waals surface area contributed by atoms with Crippen molar-refractivity contribution in [3.8, 4) is 0 Å². The van der Waals surface area contributed by atoms with E-state index in [9.17, 15) is 29.1 Å². The van der Waals surface area contributed by atoms with Crippen LogP contribution in [0.2, 0.25) is 0 Å². The Kier molecular flexibility index (Phi) is 7.58. The number of thioether (sulfide) groups is 1. The highest BCUT2D eigenvalue weighted by Crippen LogP contribution is 2.43. The number of aryl methyl sites for hydroxylation is 1. The molecule has 9 heteroatoms. The van der Waals surface area contributed by atoms with E-state index in [-0.39, 0.29) is 23.1 Å². The Hall–Kier alpha value is -2.72. The highest BCUT2D eigenvalue weighted by molar-refractivity contribution is 8.11. The average Bonchev–Trinajstić information content (AvgIpc) is 2.78. The number of nitrogens with zero attached hydrogens (tertiary/aromatic N) is 2. The molecule has 0 aliphatic carbocycles. The van der Waals surface area contributed by atoms with E-state index in [0.717, 1.165) is 33.9 Å². The third-order valence-electron chi connectivity index (χ3n) is 5.60. The second-order valence-corrected chi connectivity index (χ2v) is 8.79. The Bertz CT molecular complexity index is 1110. The second-order valence-electron chi connectivity index (χ2n) is 7.76. The summed E-state index contributed by atoms with van der Waals surface area (Å²) in [5.74, 6) is -2.70. The van der Waals surface area contributed by atoms with Crippen molar-refractivity contribution in [3.63, 3.8) is 0 Å². The van der Waals surface area contributed by atoms with Crippen molar-refractivity contribution >= 4 is 28.3 Å². The number of aromatic carboxylic acids is 1. The van der Waals surface area contributed by atoms with Crippen LogP contribution in [0.15, 0.2) is 53.1 Å². The van der Waals surface area contributed by atoms with Gasteiger partial charge in [-0.25, -0.2) is 13.6 Å². The van der Waals surface area contributed by atoms with Crippen molar-refractivity contribution in [2.24, 2.45) is 0 Å². The summed E-state index contributed by atoms with van der Waals surface area (Å²) < 4.78 is 27.9. The van der Waals surface area contributed by atoms with Gasteiger partial charge < -0.3 is 5.11 Å². The maximum atomic E-state index is 14.5. The van der Waals surface area contributed by atoms with E-state index < -0.39 is 22.3 Å². The predicted molar refractivity (Wildman–Crippen MR) is 123 cm³/mol. The fourth-order valence-corrected chi connectivity index (χ4v) is 4.83. The number of fused-ring (bicyclic) bond motifs is 1. The number of rotatable bonds is 7. The summed E-state index contributed by atoms with van der Waals surface area (Å²) >= 11 is 1.13. The van der Waals surface area contributed by atoms with Gasteiger partial charge in [0.1, 0.15) is 17.3 Å². The lowest BCUT2D eigenvalue weighted by atomic mass is 10.00. The maximum absolute atomic E-state index is 14.5. The standard InChI is InChI=1S/C24H26F2N2O4S/c1-4-15(3)23(16-8-10-18(25)11-9-16)33-22(5-2)28(31,32)27-12-6-7-17-13-19(24(29)30)20(26)14-21(17)27/h5,8-11,13-14,31-32H,4,6-7,12H2,1-3H3/p+1/b22-5-,23-15?. The molecule has 1 heterocycles. The zero-order valence-electron chi connectivity index (χ0n) is 18.7. The number of hydroxylamine groups is 2. The SMILES string of the molecule is C/C=C(\SC(=C(C)CC)c1ccc(F)cc1)[N+](O)(O)N1CCCc2cc(C(=O)O)c(F)cc21. The summed E-state index contributed by atoms with van der Waals surface area (Å²) in [4.78, 5) is 10.4. The van der Waals surface area contributed by atoms with Crippen LogP contribution >= 0.6 is 11.8 Å². The van der Waals surface area contributed by atoms with E-state index in [1.807, 2.05) is 13.8 Å². The molecule has 6 nitrogen and oxygen atoms in total. The lowest BCUT2D eigenvalue weighted by Crippen LogP contribution is -2.56. The van der Waals surface area contributed by atoms with Crippen molar-refractivity contribution in [1.29, 1.82) is 0 Å². The minimum Gasteiger partial charge on any atom is -0.478 e. The topological polar surface area (TPSA) is 81.0 Å². The Balaban J connectivity index is 2.01. The van der Waals surface area contributed by atoms with Crippen molar-refractivity contribution in [3.05, 3.63) is 81.4 Å². The minimum absolute atomic E-state index is 0.137. The van der Waals surface area contributed by atoms with Gasteiger partial charge in [0, 0.05) is 11.0 Å². The fourth-order valence-electron chi connectivity index (χ4n) is 3.71. The number of quaternary nitrogens is 1. The smallest absolute Gasteiger partial charge is 0.338 e. The molecule has 176 valence electrons. The van der Waals surface area contributed by atoms with Crippen LogP contribution < -0.4 is 5.01 Å².